The van der Waals surface area contributed by atoms with Crippen LogP contribution in [0.3, 0.4) is 0 Å². The summed E-state index contributed by atoms with van der Waals surface area (Å²) in [6, 6.07) is 9.50. The van der Waals surface area contributed by atoms with E-state index in [1.54, 1.807) is 25.6 Å². The van der Waals surface area contributed by atoms with Gasteiger partial charge in [0.15, 0.2) is 0 Å². The topological polar surface area (TPSA) is 22.1 Å². The largest absolute Gasteiger partial charge is 0.497 e. The summed E-state index contributed by atoms with van der Waals surface area (Å²) in [5, 5.41) is 0.704. The van der Waals surface area contributed by atoms with Crippen molar-refractivity contribution in [1.82, 2.24) is 4.98 Å². The molecule has 0 spiro atoms. The number of rotatable bonds is 2. The molecular formula is C12H10ClNO. The zero-order chi connectivity index (χ0) is 10.7. The average Bonchev–Trinajstić information content (AvgIpc) is 2.30. The molecule has 0 saturated carbocycles. The van der Waals surface area contributed by atoms with Gasteiger partial charge in [0, 0.05) is 18.0 Å². The summed E-state index contributed by atoms with van der Waals surface area (Å²) in [6.45, 7) is 0. The van der Waals surface area contributed by atoms with E-state index >= 15 is 0 Å². The third-order valence-electron chi connectivity index (χ3n) is 2.17. The second-order valence-electron chi connectivity index (χ2n) is 3.08. The maximum atomic E-state index is 6.06. The Bertz CT molecular complexity index is 453. The van der Waals surface area contributed by atoms with Gasteiger partial charge in [0.25, 0.3) is 0 Å². The maximum absolute atomic E-state index is 6.06. The van der Waals surface area contributed by atoms with Gasteiger partial charge < -0.3 is 4.74 Å². The molecule has 0 bridgehead atoms. The van der Waals surface area contributed by atoms with Gasteiger partial charge in [-0.2, -0.15) is 0 Å². The molecule has 0 aliphatic heterocycles. The molecule has 15 heavy (non-hydrogen) atoms. The van der Waals surface area contributed by atoms with E-state index < -0.39 is 0 Å². The van der Waals surface area contributed by atoms with Gasteiger partial charge in [-0.25, -0.2) is 0 Å². The van der Waals surface area contributed by atoms with Crippen molar-refractivity contribution in [3.05, 3.63) is 47.7 Å². The normalized spacial score (nSPS) is 10.0. The van der Waals surface area contributed by atoms with Gasteiger partial charge in [0.05, 0.1) is 12.1 Å². The lowest BCUT2D eigenvalue weighted by Crippen LogP contribution is -1.84. The van der Waals surface area contributed by atoms with Gasteiger partial charge in [-0.05, 0) is 23.8 Å². The summed E-state index contributed by atoms with van der Waals surface area (Å²) in [6.07, 6.45) is 3.43. The lowest BCUT2D eigenvalue weighted by atomic mass is 10.1. The van der Waals surface area contributed by atoms with E-state index in [4.69, 9.17) is 16.3 Å². The number of pyridine rings is 1. The van der Waals surface area contributed by atoms with Crippen molar-refractivity contribution in [2.45, 2.75) is 0 Å². The van der Waals surface area contributed by atoms with E-state index in [-0.39, 0.29) is 0 Å². The zero-order valence-corrected chi connectivity index (χ0v) is 9.03. The summed E-state index contributed by atoms with van der Waals surface area (Å²) in [7, 11) is 1.64. The minimum atomic E-state index is 0.704. The first-order valence-electron chi connectivity index (χ1n) is 4.55. The smallest absolute Gasteiger partial charge is 0.118 e. The van der Waals surface area contributed by atoms with Crippen LogP contribution in [-0.4, -0.2) is 12.1 Å². The summed E-state index contributed by atoms with van der Waals surface area (Å²) >= 11 is 6.06. The lowest BCUT2D eigenvalue weighted by Gasteiger charge is -2.04. The fourth-order valence-electron chi connectivity index (χ4n) is 1.36. The second-order valence-corrected chi connectivity index (χ2v) is 3.49. The highest BCUT2D eigenvalue weighted by atomic mass is 35.5. The quantitative estimate of drug-likeness (QED) is 0.772. The lowest BCUT2D eigenvalue weighted by molar-refractivity contribution is 0.415. The molecule has 0 aliphatic rings. The number of hydrogen-bond acceptors (Lipinski definition) is 2. The van der Waals surface area contributed by atoms with Crippen LogP contribution in [-0.2, 0) is 0 Å². The molecule has 2 aromatic rings. The molecule has 2 nitrogen and oxygen atoms in total. The standard InChI is InChI=1S/C12H10ClNO/c1-15-10-4-2-9(3-5-10)11-8-14-7-6-12(11)13/h2-8H,1H3. The molecule has 0 radical (unpaired) electrons. The predicted molar refractivity (Wildman–Crippen MR) is 61.2 cm³/mol. The maximum Gasteiger partial charge on any atom is 0.118 e. The first-order valence-corrected chi connectivity index (χ1v) is 4.93. The van der Waals surface area contributed by atoms with E-state index in [0.717, 1.165) is 16.9 Å². The molecule has 1 heterocycles. The molecular weight excluding hydrogens is 210 g/mol. The molecule has 0 fully saturated rings. The van der Waals surface area contributed by atoms with Crippen LogP contribution in [0.15, 0.2) is 42.7 Å². The minimum Gasteiger partial charge on any atom is -0.497 e. The first-order chi connectivity index (χ1) is 7.31. The third kappa shape index (κ3) is 2.10. The van der Waals surface area contributed by atoms with Crippen molar-refractivity contribution in [2.75, 3.05) is 7.11 Å². The molecule has 0 amide bonds. The summed E-state index contributed by atoms with van der Waals surface area (Å²) in [5.41, 5.74) is 1.97. The third-order valence-corrected chi connectivity index (χ3v) is 2.50. The molecule has 0 aliphatic carbocycles. The summed E-state index contributed by atoms with van der Waals surface area (Å²) < 4.78 is 5.09. The Balaban J connectivity index is 2.42. The molecule has 0 atom stereocenters. The van der Waals surface area contributed by atoms with E-state index in [1.165, 1.54) is 0 Å². The Labute approximate surface area is 93.5 Å². The Morgan fingerprint density at radius 2 is 1.87 bits per heavy atom. The SMILES string of the molecule is COc1ccc(-c2cnccc2Cl)cc1. The van der Waals surface area contributed by atoms with Gasteiger partial charge in [-0.1, -0.05) is 23.7 Å². The van der Waals surface area contributed by atoms with Crippen LogP contribution >= 0.6 is 11.6 Å². The first kappa shape index (κ1) is 9.99. The number of aromatic nitrogens is 1. The van der Waals surface area contributed by atoms with Crippen molar-refractivity contribution in [3.63, 3.8) is 0 Å². The van der Waals surface area contributed by atoms with E-state index in [2.05, 4.69) is 4.98 Å². The number of benzene rings is 1. The minimum absolute atomic E-state index is 0.704. The van der Waals surface area contributed by atoms with Crippen LogP contribution in [0.1, 0.15) is 0 Å². The van der Waals surface area contributed by atoms with Gasteiger partial charge >= 0.3 is 0 Å². The summed E-state index contributed by atoms with van der Waals surface area (Å²) in [4.78, 5) is 4.05. The number of ether oxygens (including phenoxy) is 1. The van der Waals surface area contributed by atoms with Gasteiger partial charge in [-0.15, -0.1) is 0 Å². The van der Waals surface area contributed by atoms with Crippen molar-refractivity contribution in [3.8, 4) is 16.9 Å². The van der Waals surface area contributed by atoms with E-state index in [1.807, 2.05) is 24.3 Å². The van der Waals surface area contributed by atoms with Crippen LogP contribution in [0.5, 0.6) is 5.75 Å². The van der Waals surface area contributed by atoms with Crippen LogP contribution in [0.25, 0.3) is 11.1 Å². The molecule has 76 valence electrons. The molecule has 0 N–H and O–H groups in total. The van der Waals surface area contributed by atoms with Gasteiger partial charge in [-0.3, -0.25) is 4.98 Å². The number of hydrogen-bond donors (Lipinski definition) is 0. The second kappa shape index (κ2) is 4.32. The van der Waals surface area contributed by atoms with Crippen molar-refractivity contribution >= 4 is 11.6 Å². The van der Waals surface area contributed by atoms with Crippen molar-refractivity contribution < 1.29 is 4.74 Å². The van der Waals surface area contributed by atoms with Crippen LogP contribution < -0.4 is 4.74 Å². The monoisotopic (exact) mass is 219 g/mol. The highest BCUT2D eigenvalue weighted by Gasteiger charge is 2.02. The Kier molecular flexibility index (Phi) is 2.88. The Hall–Kier alpha value is -1.54. The van der Waals surface area contributed by atoms with Crippen LogP contribution in [0.4, 0.5) is 0 Å². The average molecular weight is 220 g/mol. The Morgan fingerprint density at radius 1 is 1.13 bits per heavy atom. The van der Waals surface area contributed by atoms with Crippen LogP contribution in [0, 0.1) is 0 Å². The molecule has 0 unspecified atom stereocenters. The van der Waals surface area contributed by atoms with E-state index in [0.29, 0.717) is 5.02 Å². The predicted octanol–water partition coefficient (Wildman–Crippen LogP) is 3.41. The highest BCUT2D eigenvalue weighted by Crippen LogP contribution is 2.27. The fraction of sp³-hybridized carbons (Fsp3) is 0.0833. The van der Waals surface area contributed by atoms with Crippen molar-refractivity contribution in [2.24, 2.45) is 0 Å². The number of halogens is 1. The molecule has 0 saturated heterocycles. The summed E-state index contributed by atoms with van der Waals surface area (Å²) in [5.74, 6) is 0.832. The van der Waals surface area contributed by atoms with Gasteiger partial charge in [0.1, 0.15) is 5.75 Å². The van der Waals surface area contributed by atoms with Crippen molar-refractivity contribution in [1.29, 1.82) is 0 Å². The number of nitrogens with zero attached hydrogens (tertiary/aromatic N) is 1. The van der Waals surface area contributed by atoms with Gasteiger partial charge in [0.2, 0.25) is 0 Å². The Morgan fingerprint density at radius 3 is 2.47 bits per heavy atom. The zero-order valence-electron chi connectivity index (χ0n) is 8.27. The number of methoxy groups -OCH3 is 1. The molecule has 3 heteroatoms. The van der Waals surface area contributed by atoms with Crippen LogP contribution in [0.2, 0.25) is 5.02 Å². The fourth-order valence-corrected chi connectivity index (χ4v) is 1.57. The molecule has 1 aromatic heterocycles. The van der Waals surface area contributed by atoms with E-state index in [9.17, 15) is 0 Å². The molecule has 1 aromatic carbocycles. The molecule has 2 rings (SSSR count). The highest BCUT2D eigenvalue weighted by molar-refractivity contribution is 6.33.